The predicted octanol–water partition coefficient (Wildman–Crippen LogP) is 2.48. The van der Waals surface area contributed by atoms with Crippen molar-refractivity contribution in [1.29, 1.82) is 0 Å². The lowest BCUT2D eigenvalue weighted by Crippen LogP contribution is -2.52. The molecule has 2 fully saturated rings. The van der Waals surface area contributed by atoms with E-state index in [0.717, 1.165) is 32.4 Å². The van der Waals surface area contributed by atoms with E-state index in [1.54, 1.807) is 6.92 Å². The first kappa shape index (κ1) is 20.4. The molecule has 2 aliphatic heterocycles. The molecule has 6 nitrogen and oxygen atoms in total. The molecule has 0 bridgehead atoms. The Morgan fingerprint density at radius 1 is 1.17 bits per heavy atom. The summed E-state index contributed by atoms with van der Waals surface area (Å²) >= 11 is 0. The van der Waals surface area contributed by atoms with Crippen molar-refractivity contribution in [3.8, 4) is 0 Å². The summed E-state index contributed by atoms with van der Waals surface area (Å²) in [6, 6.07) is 8.65. The van der Waals surface area contributed by atoms with Gasteiger partial charge in [0, 0.05) is 26.9 Å². The minimum absolute atomic E-state index is 0. The molecule has 6 heteroatoms. The molecule has 1 aliphatic carbocycles. The van der Waals surface area contributed by atoms with Crippen LogP contribution in [0, 0.1) is 0 Å². The fourth-order valence-electron chi connectivity index (χ4n) is 5.55. The van der Waals surface area contributed by atoms with Gasteiger partial charge in [0.2, 0.25) is 11.8 Å². The van der Waals surface area contributed by atoms with E-state index >= 15 is 0 Å². The lowest BCUT2D eigenvalue weighted by Gasteiger charge is -2.41. The highest BCUT2D eigenvalue weighted by atomic mass is 16.5. The highest BCUT2D eigenvalue weighted by Gasteiger charge is 2.45. The number of ether oxygens (including phenoxy) is 1. The maximum absolute atomic E-state index is 12.8. The van der Waals surface area contributed by atoms with Crippen molar-refractivity contribution in [1.82, 2.24) is 15.1 Å². The largest absolute Gasteiger partial charge is 0.372 e. The van der Waals surface area contributed by atoms with Gasteiger partial charge in [-0.15, -0.1) is 0 Å². The van der Waals surface area contributed by atoms with Crippen LogP contribution in [0.15, 0.2) is 24.3 Å². The average molecular weight is 402 g/mol. The summed E-state index contributed by atoms with van der Waals surface area (Å²) in [6.45, 7) is 9.36. The summed E-state index contributed by atoms with van der Waals surface area (Å²) < 4.78 is 5.75. The molecule has 2 saturated heterocycles. The van der Waals surface area contributed by atoms with Crippen LogP contribution in [0.4, 0.5) is 0 Å². The fraction of sp³-hybridized carbons (Fsp3) is 0.652. The SMILES string of the molecule is CC(=O)N[C@H]1CC2(CCN(CC(=O)N3C[C@@H](C)O[C@@H](C)C3)CC2)c2ccccc21.[HH]. The van der Waals surface area contributed by atoms with Crippen LogP contribution in [0.5, 0.6) is 0 Å². The number of carbonyl (C=O) groups is 2. The summed E-state index contributed by atoms with van der Waals surface area (Å²) in [4.78, 5) is 28.8. The Balaban J connectivity index is 0.00000256. The standard InChI is InChI=1S/C23H33N3O3.H2/c1-16-13-26(14-17(2)29-16)22(28)15-25-10-8-23(9-11-25)12-21(24-18(3)27)19-6-4-5-7-20(19)23;/h4-7,16-17,21H,8-15H2,1-3H3,(H,24,27);1H/t16-,17+,21-;/m0./s1. The summed E-state index contributed by atoms with van der Waals surface area (Å²) in [7, 11) is 0. The highest BCUT2D eigenvalue weighted by Crippen LogP contribution is 2.50. The molecule has 29 heavy (non-hydrogen) atoms. The number of piperidine rings is 1. The van der Waals surface area contributed by atoms with Crippen molar-refractivity contribution < 1.29 is 15.8 Å². The Bertz CT molecular complexity index is 769. The lowest BCUT2D eigenvalue weighted by atomic mass is 9.73. The van der Waals surface area contributed by atoms with E-state index < -0.39 is 0 Å². The second kappa shape index (κ2) is 8.07. The number of rotatable bonds is 3. The van der Waals surface area contributed by atoms with E-state index in [2.05, 4.69) is 34.5 Å². The van der Waals surface area contributed by atoms with Gasteiger partial charge in [0.25, 0.3) is 0 Å². The van der Waals surface area contributed by atoms with Crippen molar-refractivity contribution in [3.05, 3.63) is 35.4 Å². The van der Waals surface area contributed by atoms with Crippen LogP contribution >= 0.6 is 0 Å². The number of morpholine rings is 1. The molecular weight excluding hydrogens is 366 g/mol. The van der Waals surface area contributed by atoms with Gasteiger partial charge in [0.1, 0.15) is 0 Å². The Morgan fingerprint density at radius 2 is 1.83 bits per heavy atom. The zero-order valence-corrected chi connectivity index (χ0v) is 17.8. The van der Waals surface area contributed by atoms with Gasteiger partial charge in [-0.25, -0.2) is 0 Å². The Labute approximate surface area is 175 Å². The van der Waals surface area contributed by atoms with Gasteiger partial charge in [-0.1, -0.05) is 24.3 Å². The molecule has 3 aliphatic rings. The monoisotopic (exact) mass is 401 g/mol. The average Bonchev–Trinajstić information content (AvgIpc) is 2.96. The molecular formula is C23H35N3O3. The lowest BCUT2D eigenvalue weighted by molar-refractivity contribution is -0.144. The van der Waals surface area contributed by atoms with E-state index in [1.165, 1.54) is 11.1 Å². The highest BCUT2D eigenvalue weighted by molar-refractivity contribution is 5.78. The number of benzene rings is 1. The molecule has 4 rings (SSSR count). The topological polar surface area (TPSA) is 61.9 Å². The molecule has 1 aromatic carbocycles. The minimum atomic E-state index is 0. The van der Waals surface area contributed by atoms with Crippen molar-refractivity contribution in [3.63, 3.8) is 0 Å². The minimum Gasteiger partial charge on any atom is -0.372 e. The third kappa shape index (κ3) is 4.19. The van der Waals surface area contributed by atoms with Crippen LogP contribution in [0.25, 0.3) is 0 Å². The number of likely N-dealkylation sites (tertiary alicyclic amines) is 1. The number of amides is 2. The Kier molecular flexibility index (Phi) is 5.67. The van der Waals surface area contributed by atoms with Crippen LogP contribution in [0.3, 0.4) is 0 Å². The summed E-state index contributed by atoms with van der Waals surface area (Å²) in [5, 5.41) is 3.14. The molecule has 2 amide bonds. The van der Waals surface area contributed by atoms with Crippen molar-refractivity contribution in [2.45, 2.75) is 63.7 Å². The normalized spacial score (nSPS) is 28.9. The molecule has 1 spiro atoms. The molecule has 0 radical (unpaired) electrons. The fourth-order valence-corrected chi connectivity index (χ4v) is 5.55. The second-order valence-electron chi connectivity index (χ2n) is 9.16. The quantitative estimate of drug-likeness (QED) is 0.845. The second-order valence-corrected chi connectivity index (χ2v) is 9.16. The number of fused-ring (bicyclic) bond motifs is 2. The van der Waals surface area contributed by atoms with Crippen LogP contribution in [-0.4, -0.2) is 66.5 Å². The van der Waals surface area contributed by atoms with Gasteiger partial charge < -0.3 is 15.0 Å². The van der Waals surface area contributed by atoms with E-state index in [9.17, 15) is 9.59 Å². The van der Waals surface area contributed by atoms with E-state index in [4.69, 9.17) is 4.74 Å². The van der Waals surface area contributed by atoms with Gasteiger partial charge >= 0.3 is 0 Å². The first-order valence-electron chi connectivity index (χ1n) is 10.9. The number of hydrogen-bond acceptors (Lipinski definition) is 4. The molecule has 0 aromatic heterocycles. The van der Waals surface area contributed by atoms with Gasteiger partial charge in [0.05, 0.1) is 24.8 Å². The zero-order valence-electron chi connectivity index (χ0n) is 17.8. The smallest absolute Gasteiger partial charge is 0.236 e. The van der Waals surface area contributed by atoms with Gasteiger partial charge in [-0.3, -0.25) is 14.5 Å². The molecule has 3 atom stereocenters. The van der Waals surface area contributed by atoms with Crippen molar-refractivity contribution in [2.24, 2.45) is 0 Å². The van der Waals surface area contributed by atoms with E-state index in [1.807, 2.05) is 18.7 Å². The molecule has 160 valence electrons. The number of hydrogen-bond donors (Lipinski definition) is 1. The van der Waals surface area contributed by atoms with Gasteiger partial charge in [0.15, 0.2) is 0 Å². The van der Waals surface area contributed by atoms with E-state index in [0.29, 0.717) is 19.6 Å². The first-order valence-corrected chi connectivity index (χ1v) is 10.9. The maximum Gasteiger partial charge on any atom is 0.236 e. The van der Waals surface area contributed by atoms with E-state index in [-0.39, 0.29) is 36.9 Å². The van der Waals surface area contributed by atoms with Crippen molar-refractivity contribution >= 4 is 11.8 Å². The molecule has 0 saturated carbocycles. The van der Waals surface area contributed by atoms with Gasteiger partial charge in [-0.05, 0) is 57.3 Å². The molecule has 1 aromatic rings. The Hall–Kier alpha value is -1.92. The van der Waals surface area contributed by atoms with Crippen LogP contribution in [-0.2, 0) is 19.7 Å². The number of nitrogens with zero attached hydrogens (tertiary/aromatic N) is 2. The van der Waals surface area contributed by atoms with Crippen LogP contribution < -0.4 is 5.32 Å². The van der Waals surface area contributed by atoms with Crippen LogP contribution in [0.1, 0.15) is 58.6 Å². The molecule has 1 N–H and O–H groups in total. The molecule has 0 unspecified atom stereocenters. The molecule has 2 heterocycles. The summed E-state index contributed by atoms with van der Waals surface area (Å²) in [6.07, 6.45) is 3.24. The zero-order chi connectivity index (χ0) is 20.6. The first-order chi connectivity index (χ1) is 13.9. The predicted molar refractivity (Wildman–Crippen MR) is 114 cm³/mol. The third-order valence-electron chi connectivity index (χ3n) is 6.82. The number of nitrogens with one attached hydrogen (secondary N) is 1. The summed E-state index contributed by atoms with van der Waals surface area (Å²) in [5.74, 6) is 0.241. The van der Waals surface area contributed by atoms with Crippen LogP contribution in [0.2, 0.25) is 0 Å². The maximum atomic E-state index is 12.8. The third-order valence-corrected chi connectivity index (χ3v) is 6.82. The summed E-state index contributed by atoms with van der Waals surface area (Å²) in [5.41, 5.74) is 2.77. The van der Waals surface area contributed by atoms with Crippen molar-refractivity contribution in [2.75, 3.05) is 32.7 Å². The Morgan fingerprint density at radius 3 is 2.48 bits per heavy atom. The number of carbonyl (C=O) groups excluding carboxylic acids is 2. The van der Waals surface area contributed by atoms with Gasteiger partial charge in [-0.2, -0.15) is 0 Å².